The van der Waals surface area contributed by atoms with Crippen molar-refractivity contribution < 1.29 is 4.79 Å². The van der Waals surface area contributed by atoms with Crippen LogP contribution in [0.25, 0.3) is 0 Å². The van der Waals surface area contributed by atoms with E-state index < -0.39 is 0 Å². The van der Waals surface area contributed by atoms with Crippen LogP contribution in [-0.2, 0) is 6.42 Å². The van der Waals surface area contributed by atoms with Crippen LogP contribution < -0.4 is 0 Å². The monoisotopic (exact) mass is 284 g/mol. The van der Waals surface area contributed by atoms with Gasteiger partial charge in [0.2, 0.25) is 0 Å². The van der Waals surface area contributed by atoms with E-state index in [9.17, 15) is 4.79 Å². The minimum Gasteiger partial charge on any atom is -0.293 e. The summed E-state index contributed by atoms with van der Waals surface area (Å²) in [4.78, 5) is 21.4. The minimum atomic E-state index is -0.0638. The van der Waals surface area contributed by atoms with Crippen LogP contribution in [0.2, 0.25) is 0 Å². The van der Waals surface area contributed by atoms with Gasteiger partial charge in [-0.05, 0) is 38.3 Å². The SMILES string of the molecule is Cc1cc(C)nc(S[C@@H]2CCc3ccccc3C2=O)n1. The van der Waals surface area contributed by atoms with Crippen LogP contribution in [0.15, 0.2) is 35.5 Å². The third-order valence-electron chi connectivity index (χ3n) is 3.46. The number of benzene rings is 1. The largest absolute Gasteiger partial charge is 0.293 e. The fraction of sp³-hybridized carbons (Fsp3) is 0.312. The summed E-state index contributed by atoms with van der Waals surface area (Å²) in [6.45, 7) is 3.91. The van der Waals surface area contributed by atoms with Gasteiger partial charge in [0, 0.05) is 17.0 Å². The summed E-state index contributed by atoms with van der Waals surface area (Å²) in [7, 11) is 0. The van der Waals surface area contributed by atoms with Crippen molar-refractivity contribution in [2.24, 2.45) is 0 Å². The van der Waals surface area contributed by atoms with Gasteiger partial charge in [-0.25, -0.2) is 9.97 Å². The lowest BCUT2D eigenvalue weighted by atomic mass is 9.90. The topological polar surface area (TPSA) is 42.9 Å². The Bertz CT molecular complexity index is 649. The summed E-state index contributed by atoms with van der Waals surface area (Å²) in [5, 5.41) is 0.645. The molecule has 0 saturated carbocycles. The molecule has 0 bridgehead atoms. The second-order valence-corrected chi connectivity index (χ2v) is 6.27. The second-order valence-electron chi connectivity index (χ2n) is 5.10. The van der Waals surface area contributed by atoms with Crippen molar-refractivity contribution in [3.63, 3.8) is 0 Å². The molecule has 20 heavy (non-hydrogen) atoms. The predicted molar refractivity (Wildman–Crippen MR) is 80.2 cm³/mol. The quantitative estimate of drug-likeness (QED) is 0.793. The van der Waals surface area contributed by atoms with Gasteiger partial charge in [0.25, 0.3) is 0 Å². The lowest BCUT2D eigenvalue weighted by molar-refractivity contribution is 0.0979. The number of nitrogens with zero attached hydrogens (tertiary/aromatic N) is 2. The molecule has 102 valence electrons. The lowest BCUT2D eigenvalue weighted by Gasteiger charge is -2.22. The number of aromatic nitrogens is 2. The molecule has 0 aliphatic heterocycles. The predicted octanol–water partition coefficient (Wildman–Crippen LogP) is 3.38. The summed E-state index contributed by atoms with van der Waals surface area (Å²) >= 11 is 1.49. The number of carbonyl (C=O) groups is 1. The van der Waals surface area contributed by atoms with E-state index >= 15 is 0 Å². The number of fused-ring (bicyclic) bond motifs is 1. The Hall–Kier alpha value is -1.68. The summed E-state index contributed by atoms with van der Waals surface area (Å²) < 4.78 is 0. The average Bonchev–Trinajstić information content (AvgIpc) is 2.41. The molecule has 2 aromatic rings. The fourth-order valence-corrected chi connectivity index (χ4v) is 3.67. The number of rotatable bonds is 2. The molecule has 0 amide bonds. The first-order chi connectivity index (χ1) is 9.63. The zero-order valence-electron chi connectivity index (χ0n) is 11.6. The normalized spacial score (nSPS) is 17.9. The molecule has 0 unspecified atom stereocenters. The molecule has 3 rings (SSSR count). The van der Waals surface area contributed by atoms with E-state index in [0.29, 0.717) is 5.16 Å². The molecule has 1 heterocycles. The van der Waals surface area contributed by atoms with Crippen molar-refractivity contribution in [1.82, 2.24) is 9.97 Å². The minimum absolute atomic E-state index is 0.0638. The molecular formula is C16H16N2OS. The number of ketones is 1. The number of hydrogen-bond acceptors (Lipinski definition) is 4. The van der Waals surface area contributed by atoms with Crippen molar-refractivity contribution >= 4 is 17.5 Å². The Kier molecular flexibility index (Phi) is 3.57. The molecule has 0 spiro atoms. The molecule has 1 aromatic carbocycles. The summed E-state index contributed by atoms with van der Waals surface area (Å²) in [6, 6.07) is 9.83. The maximum atomic E-state index is 12.5. The van der Waals surface area contributed by atoms with Gasteiger partial charge in [-0.3, -0.25) is 4.79 Å². The molecule has 3 nitrogen and oxygen atoms in total. The number of aryl methyl sites for hydroxylation is 3. The van der Waals surface area contributed by atoms with E-state index in [1.165, 1.54) is 11.8 Å². The Balaban J connectivity index is 1.84. The van der Waals surface area contributed by atoms with E-state index in [1.807, 2.05) is 44.2 Å². The first kappa shape index (κ1) is 13.3. The molecule has 1 aliphatic carbocycles. The van der Waals surface area contributed by atoms with Crippen molar-refractivity contribution in [3.05, 3.63) is 52.8 Å². The average molecular weight is 284 g/mol. The van der Waals surface area contributed by atoms with E-state index in [4.69, 9.17) is 0 Å². The van der Waals surface area contributed by atoms with Crippen LogP contribution in [-0.4, -0.2) is 21.0 Å². The van der Waals surface area contributed by atoms with Crippen LogP contribution in [0.4, 0.5) is 0 Å². The zero-order valence-corrected chi connectivity index (χ0v) is 12.4. The van der Waals surface area contributed by atoms with Crippen LogP contribution in [0.3, 0.4) is 0 Å². The van der Waals surface area contributed by atoms with Gasteiger partial charge >= 0.3 is 0 Å². The van der Waals surface area contributed by atoms with Crippen LogP contribution in [0, 0.1) is 13.8 Å². The molecule has 0 fully saturated rings. The van der Waals surface area contributed by atoms with Gasteiger partial charge in [0.1, 0.15) is 0 Å². The van der Waals surface area contributed by atoms with E-state index in [0.717, 1.165) is 35.4 Å². The van der Waals surface area contributed by atoms with E-state index in [-0.39, 0.29) is 11.0 Å². The molecule has 0 saturated heterocycles. The van der Waals surface area contributed by atoms with E-state index in [1.54, 1.807) is 0 Å². The number of hydrogen-bond donors (Lipinski definition) is 0. The highest BCUT2D eigenvalue weighted by molar-refractivity contribution is 8.00. The summed E-state index contributed by atoms with van der Waals surface area (Å²) in [5.41, 5.74) is 3.92. The molecule has 1 atom stereocenters. The Morgan fingerprint density at radius 1 is 1.15 bits per heavy atom. The maximum absolute atomic E-state index is 12.5. The Labute approximate surface area is 122 Å². The highest BCUT2D eigenvalue weighted by Gasteiger charge is 2.28. The first-order valence-electron chi connectivity index (χ1n) is 6.74. The molecule has 1 aromatic heterocycles. The fourth-order valence-electron chi connectivity index (χ4n) is 2.56. The van der Waals surface area contributed by atoms with Gasteiger partial charge in [-0.15, -0.1) is 0 Å². The second kappa shape index (κ2) is 5.37. The summed E-state index contributed by atoms with van der Waals surface area (Å²) in [5.74, 6) is 0.208. The van der Waals surface area contributed by atoms with Gasteiger partial charge < -0.3 is 0 Å². The van der Waals surface area contributed by atoms with Gasteiger partial charge in [0.15, 0.2) is 10.9 Å². The molecule has 1 aliphatic rings. The molecule has 4 heteroatoms. The number of thioether (sulfide) groups is 1. The van der Waals surface area contributed by atoms with Crippen LogP contribution in [0.1, 0.15) is 33.7 Å². The van der Waals surface area contributed by atoms with Crippen molar-refractivity contribution in [2.45, 2.75) is 37.1 Å². The maximum Gasteiger partial charge on any atom is 0.188 e. The highest BCUT2D eigenvalue weighted by atomic mass is 32.2. The smallest absolute Gasteiger partial charge is 0.188 e. The summed E-state index contributed by atoms with van der Waals surface area (Å²) in [6.07, 6.45) is 1.81. The molecule has 0 radical (unpaired) electrons. The Morgan fingerprint density at radius 3 is 2.60 bits per heavy atom. The Morgan fingerprint density at radius 2 is 1.85 bits per heavy atom. The lowest BCUT2D eigenvalue weighted by Crippen LogP contribution is -2.25. The molecular weight excluding hydrogens is 268 g/mol. The van der Waals surface area contributed by atoms with Crippen LogP contribution in [0.5, 0.6) is 0 Å². The zero-order chi connectivity index (χ0) is 14.1. The van der Waals surface area contributed by atoms with E-state index in [2.05, 4.69) is 9.97 Å². The third-order valence-corrected chi connectivity index (χ3v) is 4.59. The molecule has 0 N–H and O–H groups in total. The number of Topliss-reactive ketones (excluding diaryl/α,β-unsaturated/α-hetero) is 1. The standard InChI is InChI=1S/C16H16N2OS/c1-10-9-11(2)18-16(17-10)20-14-8-7-12-5-3-4-6-13(12)15(14)19/h3-6,9,14H,7-8H2,1-2H3/t14-/m1/s1. The third kappa shape index (κ3) is 2.61. The van der Waals surface area contributed by atoms with Crippen molar-refractivity contribution in [3.8, 4) is 0 Å². The number of carbonyl (C=O) groups excluding carboxylic acids is 1. The van der Waals surface area contributed by atoms with Gasteiger partial charge in [0.05, 0.1) is 5.25 Å². The van der Waals surface area contributed by atoms with Gasteiger partial charge in [-0.2, -0.15) is 0 Å². The van der Waals surface area contributed by atoms with Crippen molar-refractivity contribution in [1.29, 1.82) is 0 Å². The van der Waals surface area contributed by atoms with Crippen molar-refractivity contribution in [2.75, 3.05) is 0 Å². The van der Waals surface area contributed by atoms with Gasteiger partial charge in [-0.1, -0.05) is 36.0 Å². The van der Waals surface area contributed by atoms with Crippen LogP contribution >= 0.6 is 11.8 Å². The highest BCUT2D eigenvalue weighted by Crippen LogP contribution is 2.32. The first-order valence-corrected chi connectivity index (χ1v) is 7.62.